The lowest BCUT2D eigenvalue weighted by atomic mass is 9.83. The van der Waals surface area contributed by atoms with Gasteiger partial charge in [-0.25, -0.2) is 9.97 Å². The van der Waals surface area contributed by atoms with E-state index < -0.39 is 17.3 Å². The van der Waals surface area contributed by atoms with Crippen LogP contribution in [-0.4, -0.2) is 54.6 Å². The molecule has 31 heavy (non-hydrogen) atoms. The summed E-state index contributed by atoms with van der Waals surface area (Å²) in [7, 11) is 3.76. The molecular weight excluding hydrogens is 409 g/mol. The number of carbonyl (C=O) groups excluding carboxylic acids is 1. The van der Waals surface area contributed by atoms with Crippen LogP contribution in [0.15, 0.2) is 30.5 Å². The Morgan fingerprint density at radius 1 is 1.26 bits per heavy atom. The summed E-state index contributed by atoms with van der Waals surface area (Å²) in [4.78, 5) is 25.4. The fourth-order valence-electron chi connectivity index (χ4n) is 4.26. The van der Waals surface area contributed by atoms with Crippen LogP contribution in [0.4, 0.5) is 19.1 Å². The Morgan fingerprint density at radius 2 is 2.00 bits per heavy atom. The van der Waals surface area contributed by atoms with E-state index in [4.69, 9.17) is 9.72 Å². The zero-order valence-corrected chi connectivity index (χ0v) is 17.6. The second kappa shape index (κ2) is 8.11. The molecule has 9 heteroatoms. The van der Waals surface area contributed by atoms with Gasteiger partial charge in [-0.2, -0.15) is 13.2 Å². The molecule has 3 heterocycles. The molecule has 166 valence electrons. The molecule has 1 spiro atoms. The van der Waals surface area contributed by atoms with Crippen molar-refractivity contribution in [1.82, 2.24) is 14.9 Å². The molecule has 1 aromatic heterocycles. The van der Waals surface area contributed by atoms with Crippen LogP contribution in [0.3, 0.4) is 0 Å². The Bertz CT molecular complexity index is 969. The molecule has 1 saturated heterocycles. The minimum Gasteiger partial charge on any atom is -0.368 e. The number of halogens is 3. The standard InChI is InChI=1S/C22H25F3N4O2/c1-28(2)20-26-14-16-6-11-31-21(19(16)27-20)7-9-29(10-8-21)18(30)13-15-4-3-5-17(12-15)22(23,24)25/h3-5,12,14H,6-11,13H2,1-2H3. The predicted molar refractivity (Wildman–Crippen MR) is 109 cm³/mol. The maximum Gasteiger partial charge on any atom is 0.416 e. The lowest BCUT2D eigenvalue weighted by molar-refractivity contribution is -0.141. The van der Waals surface area contributed by atoms with E-state index in [0.717, 1.165) is 29.8 Å². The highest BCUT2D eigenvalue weighted by Crippen LogP contribution is 2.41. The molecule has 0 saturated carbocycles. The van der Waals surface area contributed by atoms with E-state index >= 15 is 0 Å². The molecular formula is C22H25F3N4O2. The molecule has 0 unspecified atom stereocenters. The highest BCUT2D eigenvalue weighted by atomic mass is 19.4. The van der Waals surface area contributed by atoms with Crippen LogP contribution < -0.4 is 4.90 Å². The van der Waals surface area contributed by atoms with E-state index in [1.807, 2.05) is 25.2 Å². The first-order valence-electron chi connectivity index (χ1n) is 10.3. The summed E-state index contributed by atoms with van der Waals surface area (Å²) in [6, 6.07) is 4.95. The third kappa shape index (κ3) is 4.37. The number of amides is 1. The number of aromatic nitrogens is 2. The number of carbonyl (C=O) groups is 1. The number of alkyl halides is 3. The van der Waals surface area contributed by atoms with E-state index in [0.29, 0.717) is 44.0 Å². The Labute approximate surface area is 179 Å². The Hall–Kier alpha value is -2.68. The number of ether oxygens (including phenoxy) is 1. The zero-order chi connectivity index (χ0) is 22.2. The summed E-state index contributed by atoms with van der Waals surface area (Å²) >= 11 is 0. The third-order valence-electron chi connectivity index (χ3n) is 5.97. The zero-order valence-electron chi connectivity index (χ0n) is 17.6. The topological polar surface area (TPSA) is 58.6 Å². The van der Waals surface area contributed by atoms with Crippen molar-refractivity contribution in [2.45, 2.75) is 37.5 Å². The summed E-state index contributed by atoms with van der Waals surface area (Å²) in [6.07, 6.45) is -0.677. The number of benzene rings is 1. The van der Waals surface area contributed by atoms with Crippen molar-refractivity contribution in [3.8, 4) is 0 Å². The normalized spacial score (nSPS) is 18.0. The average Bonchev–Trinajstić information content (AvgIpc) is 2.74. The number of piperidine rings is 1. The average molecular weight is 434 g/mol. The van der Waals surface area contributed by atoms with Crippen LogP contribution in [0.2, 0.25) is 0 Å². The maximum absolute atomic E-state index is 12.9. The van der Waals surface area contributed by atoms with Crippen LogP contribution in [-0.2, 0) is 34.2 Å². The van der Waals surface area contributed by atoms with E-state index in [1.165, 1.54) is 6.07 Å². The molecule has 4 rings (SSSR count). The molecule has 0 bridgehead atoms. The van der Waals surface area contributed by atoms with Crippen LogP contribution in [0, 0.1) is 0 Å². The van der Waals surface area contributed by atoms with Gasteiger partial charge in [0.1, 0.15) is 5.60 Å². The van der Waals surface area contributed by atoms with Crippen molar-refractivity contribution < 1.29 is 22.7 Å². The van der Waals surface area contributed by atoms with E-state index in [1.54, 1.807) is 11.0 Å². The molecule has 2 aromatic rings. The number of hydrogen-bond donors (Lipinski definition) is 0. The van der Waals surface area contributed by atoms with Gasteiger partial charge in [0.15, 0.2) is 0 Å². The van der Waals surface area contributed by atoms with Gasteiger partial charge >= 0.3 is 6.18 Å². The largest absolute Gasteiger partial charge is 0.416 e. The van der Waals surface area contributed by atoms with Crippen LogP contribution >= 0.6 is 0 Å². The van der Waals surface area contributed by atoms with Gasteiger partial charge in [-0.15, -0.1) is 0 Å². The number of nitrogens with zero attached hydrogens (tertiary/aromatic N) is 4. The van der Waals surface area contributed by atoms with Gasteiger partial charge in [-0.05, 0) is 36.5 Å². The van der Waals surface area contributed by atoms with Crippen LogP contribution in [0.5, 0.6) is 0 Å². The summed E-state index contributed by atoms with van der Waals surface area (Å²) in [5, 5.41) is 0. The molecule has 0 aliphatic carbocycles. The SMILES string of the molecule is CN(C)c1ncc2c(n1)C1(CCN(C(=O)Cc3cccc(C(F)(F)F)c3)CC1)OCC2. The molecule has 0 N–H and O–H groups in total. The van der Waals surface area contributed by atoms with Gasteiger partial charge in [-0.3, -0.25) is 4.79 Å². The third-order valence-corrected chi connectivity index (χ3v) is 5.97. The molecule has 6 nitrogen and oxygen atoms in total. The molecule has 2 aliphatic heterocycles. The van der Waals surface area contributed by atoms with Crippen molar-refractivity contribution in [3.63, 3.8) is 0 Å². The van der Waals surface area contributed by atoms with E-state index in [9.17, 15) is 18.0 Å². The first-order valence-corrected chi connectivity index (χ1v) is 10.3. The monoisotopic (exact) mass is 434 g/mol. The minimum atomic E-state index is -4.42. The van der Waals surface area contributed by atoms with E-state index in [2.05, 4.69) is 4.98 Å². The number of rotatable bonds is 3. The maximum atomic E-state index is 12.9. The fourth-order valence-corrected chi connectivity index (χ4v) is 4.26. The first-order chi connectivity index (χ1) is 14.7. The van der Waals surface area contributed by atoms with Gasteiger partial charge in [-0.1, -0.05) is 18.2 Å². The lowest BCUT2D eigenvalue weighted by Crippen LogP contribution is -2.49. The fraction of sp³-hybridized carbons (Fsp3) is 0.500. The second-order valence-corrected chi connectivity index (χ2v) is 8.29. The molecule has 2 aliphatic rings. The summed E-state index contributed by atoms with van der Waals surface area (Å²) in [5.41, 5.74) is 1.04. The Balaban J connectivity index is 1.46. The summed E-state index contributed by atoms with van der Waals surface area (Å²) in [6.45, 7) is 1.52. The predicted octanol–water partition coefficient (Wildman–Crippen LogP) is 3.19. The highest BCUT2D eigenvalue weighted by molar-refractivity contribution is 5.79. The van der Waals surface area contributed by atoms with Gasteiger partial charge in [0.2, 0.25) is 11.9 Å². The number of fused-ring (bicyclic) bond motifs is 2. The van der Waals surface area contributed by atoms with Crippen LogP contribution in [0.25, 0.3) is 0 Å². The molecule has 1 amide bonds. The number of hydrogen-bond acceptors (Lipinski definition) is 5. The second-order valence-electron chi connectivity index (χ2n) is 8.29. The van der Waals surface area contributed by atoms with Crippen molar-refractivity contribution in [2.75, 3.05) is 38.7 Å². The molecule has 0 atom stereocenters. The number of anilines is 1. The Kier molecular flexibility index (Phi) is 5.63. The molecule has 1 fully saturated rings. The van der Waals surface area contributed by atoms with Gasteiger partial charge in [0.05, 0.1) is 24.3 Å². The quantitative estimate of drug-likeness (QED) is 0.743. The van der Waals surface area contributed by atoms with Crippen molar-refractivity contribution >= 4 is 11.9 Å². The van der Waals surface area contributed by atoms with Gasteiger partial charge < -0.3 is 14.5 Å². The summed E-state index contributed by atoms with van der Waals surface area (Å²) in [5.74, 6) is 0.438. The smallest absolute Gasteiger partial charge is 0.368 e. The van der Waals surface area contributed by atoms with Crippen molar-refractivity contribution in [2.24, 2.45) is 0 Å². The number of likely N-dealkylation sites (tertiary alicyclic amines) is 1. The van der Waals surface area contributed by atoms with Crippen LogP contribution in [0.1, 0.15) is 35.2 Å². The van der Waals surface area contributed by atoms with Crippen molar-refractivity contribution in [1.29, 1.82) is 0 Å². The molecule has 1 aromatic carbocycles. The highest BCUT2D eigenvalue weighted by Gasteiger charge is 2.43. The summed E-state index contributed by atoms with van der Waals surface area (Å²) < 4.78 is 45.0. The van der Waals surface area contributed by atoms with Gasteiger partial charge in [0, 0.05) is 33.4 Å². The van der Waals surface area contributed by atoms with Crippen molar-refractivity contribution in [3.05, 3.63) is 52.8 Å². The minimum absolute atomic E-state index is 0.0543. The first kappa shape index (κ1) is 21.5. The van der Waals surface area contributed by atoms with Gasteiger partial charge in [0.25, 0.3) is 0 Å². The molecule has 0 radical (unpaired) electrons. The lowest BCUT2D eigenvalue weighted by Gasteiger charge is -2.44. The Morgan fingerprint density at radius 3 is 2.68 bits per heavy atom. The van der Waals surface area contributed by atoms with E-state index in [-0.39, 0.29) is 12.3 Å².